The van der Waals surface area contributed by atoms with Crippen LogP contribution in [0.1, 0.15) is 0 Å². The van der Waals surface area contributed by atoms with Gasteiger partial charge in [0.05, 0.1) is 0 Å². The van der Waals surface area contributed by atoms with Gasteiger partial charge in [0.2, 0.25) is 0 Å². The predicted octanol–water partition coefficient (Wildman–Crippen LogP) is -5.02. The fourth-order valence-corrected chi connectivity index (χ4v) is 0.198. The molecule has 0 spiro atoms. The molecular weight excluding hydrogens is 349 g/mol. The van der Waals surface area contributed by atoms with E-state index >= 15 is 0 Å². The largest absolute Gasteiger partial charge is 1.00 e. The molecule has 0 amide bonds. The van der Waals surface area contributed by atoms with Crippen LogP contribution >= 0.6 is 31.6 Å². The summed E-state index contributed by atoms with van der Waals surface area (Å²) in [4.78, 5) is 60.8. The number of carbonyl (C=O) groups is 4. The zero-order valence-corrected chi connectivity index (χ0v) is 11.7. The Morgan fingerprint density at radius 1 is 0.900 bits per heavy atom. The van der Waals surface area contributed by atoms with Crippen LogP contribution in [0.4, 0.5) is 0 Å². The summed E-state index contributed by atoms with van der Waals surface area (Å²) >= 11 is 8.63. The van der Waals surface area contributed by atoms with Crippen molar-refractivity contribution in [1.29, 1.82) is 0 Å². The second kappa shape index (κ2) is 14.6. The molecule has 0 atom stereocenters. The number of halogens is 2. The van der Waals surface area contributed by atoms with Crippen LogP contribution in [0.3, 0.4) is 0 Å². The summed E-state index contributed by atoms with van der Waals surface area (Å²) in [6, 6.07) is 0. The minimum absolute atomic E-state index is 0. The first-order valence-electron chi connectivity index (χ1n) is 3.25. The number of hydrogen-bond donors (Lipinski definition) is 4. The maximum absolute atomic E-state index is 9.56. The van der Waals surface area contributed by atoms with Crippen LogP contribution < -0.4 is 23.8 Å². The average molecular weight is 353 g/mol. The van der Waals surface area contributed by atoms with Crippen LogP contribution in [0.25, 0.3) is 0 Å². The Bertz CT molecular complexity index is 343. The fraction of sp³-hybridized carbons (Fsp3) is 0. The van der Waals surface area contributed by atoms with E-state index in [1.807, 2.05) is 0 Å². The molecule has 0 saturated heterocycles. The maximum Gasteiger partial charge on any atom is 1.00 e. The van der Waals surface area contributed by atoms with Gasteiger partial charge >= 0.3 is 42.7 Å². The van der Waals surface area contributed by atoms with Gasteiger partial charge in [-0.25, -0.2) is 19.2 Å². The average Bonchev–Trinajstić information content (AvgIpc) is 2.25. The quantitative estimate of drug-likeness (QED) is 0.183. The number of hydrogen-bond acceptors (Lipinski definition) is 8. The molecule has 16 heteroatoms. The van der Waals surface area contributed by atoms with Crippen molar-refractivity contribution in [2.45, 2.75) is 0 Å². The Hall–Kier alpha value is -0.833. The molecule has 0 aromatic carbocycles. The van der Waals surface area contributed by atoms with Crippen molar-refractivity contribution < 1.29 is 76.1 Å². The molecule has 20 heavy (non-hydrogen) atoms. The number of phosphoric acid groups is 1. The van der Waals surface area contributed by atoms with Crippen LogP contribution in [0.2, 0.25) is 0 Å². The van der Waals surface area contributed by atoms with E-state index in [2.05, 4.69) is 32.3 Å². The van der Waals surface area contributed by atoms with Gasteiger partial charge in [0.15, 0.2) is 0 Å². The molecule has 0 aliphatic heterocycles. The van der Waals surface area contributed by atoms with Crippen molar-refractivity contribution in [3.05, 3.63) is 0 Å². The summed E-state index contributed by atoms with van der Waals surface area (Å²) in [7, 11) is -4.89. The summed E-state index contributed by atoms with van der Waals surface area (Å²) in [5.41, 5.74) is 0. The smallest absolute Gasteiger partial charge is 0.756 e. The zero-order valence-electron chi connectivity index (χ0n) is 9.26. The monoisotopic (exact) mass is 352 g/mol. The first-order chi connectivity index (χ1) is 8.36. The number of aliphatic carboxylic acids is 2. The molecule has 0 heterocycles. The summed E-state index contributed by atoms with van der Waals surface area (Å²) < 4.78 is 15.3. The molecule has 0 radical (unpaired) electrons. The maximum atomic E-state index is 9.56. The molecule has 0 saturated carbocycles. The number of carbonyl (C=O) groups excluding carboxylic acids is 2. The molecule has 0 aliphatic rings. The molecule has 12 nitrogen and oxygen atoms in total. The minimum atomic E-state index is -4.89. The fourth-order valence-electron chi connectivity index (χ4n) is 0.0660. The van der Waals surface area contributed by atoms with E-state index in [0.29, 0.717) is 0 Å². The Kier molecular flexibility index (Phi) is 20.0. The molecule has 0 rings (SSSR count). The van der Waals surface area contributed by atoms with Crippen molar-refractivity contribution in [2.75, 3.05) is 0 Å². The van der Waals surface area contributed by atoms with Crippen LogP contribution in [-0.2, 0) is 32.3 Å². The summed E-state index contributed by atoms with van der Waals surface area (Å²) in [5.74, 6) is -6.34. The Morgan fingerprint density at radius 2 is 1.05 bits per heavy atom. The number of carboxylic acid groups (broad SMARTS) is 2. The first kappa shape index (κ1) is 27.5. The van der Waals surface area contributed by atoms with E-state index in [1.54, 1.807) is 0 Å². The van der Waals surface area contributed by atoms with Crippen molar-refractivity contribution in [3.8, 4) is 0 Å². The van der Waals surface area contributed by atoms with Crippen LogP contribution in [-0.4, -0.2) is 43.9 Å². The van der Waals surface area contributed by atoms with Crippen molar-refractivity contribution in [2.24, 2.45) is 0 Å². The third-order valence-electron chi connectivity index (χ3n) is 0.489. The molecule has 0 aromatic heterocycles. The van der Waals surface area contributed by atoms with E-state index < -0.39 is 31.7 Å². The first-order valence-corrected chi connectivity index (χ1v) is 5.39. The minimum Gasteiger partial charge on any atom is -0.756 e. The van der Waals surface area contributed by atoms with Gasteiger partial charge in [-0.05, 0) is 0 Å². The van der Waals surface area contributed by atoms with Crippen LogP contribution in [0, 0.1) is 0 Å². The molecule has 4 N–H and O–H groups in total. The van der Waals surface area contributed by atoms with Gasteiger partial charge in [-0.15, -0.1) is 0 Å². The molecule has 0 bridgehead atoms. The second-order valence-electron chi connectivity index (χ2n) is 1.83. The number of rotatable bonds is 0. The summed E-state index contributed by atoms with van der Waals surface area (Å²) in [6.45, 7) is 0. The standard InChI is InChI=1S/2C2HClO4.Li.H3O4P/c2*3-7-2(6)1(4)5;;1-5(2,3)4/h2*(H,4,5);;(H3,1,2,3,4)/q;;+1;/p-1. The Balaban J connectivity index is -0.0000000952. The predicted molar refractivity (Wildman–Crippen MR) is 51.2 cm³/mol. The van der Waals surface area contributed by atoms with Crippen molar-refractivity contribution in [1.82, 2.24) is 0 Å². The van der Waals surface area contributed by atoms with Gasteiger partial charge in [0.25, 0.3) is 7.82 Å². The number of carboxylic acids is 2. The molecule has 0 unspecified atom stereocenters. The summed E-state index contributed by atoms with van der Waals surface area (Å²) in [5, 5.41) is 15.2. The molecular formula is C4H4Cl2LiO12P. The van der Waals surface area contributed by atoms with Crippen molar-refractivity contribution in [3.63, 3.8) is 0 Å². The summed E-state index contributed by atoms with van der Waals surface area (Å²) in [6.07, 6.45) is 0. The van der Waals surface area contributed by atoms with Gasteiger partial charge in [-0.1, -0.05) is 0 Å². The van der Waals surface area contributed by atoms with Crippen LogP contribution in [0.5, 0.6) is 0 Å². The van der Waals surface area contributed by atoms with E-state index in [0.717, 1.165) is 0 Å². The van der Waals surface area contributed by atoms with E-state index in [4.69, 9.17) is 29.5 Å². The van der Waals surface area contributed by atoms with Gasteiger partial charge < -0.3 is 33.5 Å². The van der Waals surface area contributed by atoms with Crippen LogP contribution in [0.15, 0.2) is 0 Å². The molecule has 0 aliphatic carbocycles. The second-order valence-corrected chi connectivity index (χ2v) is 3.12. The van der Waals surface area contributed by atoms with Gasteiger partial charge in [0.1, 0.15) is 23.7 Å². The molecule has 112 valence electrons. The third kappa shape index (κ3) is 36.0. The topological polar surface area (TPSA) is 208 Å². The van der Waals surface area contributed by atoms with Gasteiger partial charge in [-0.2, -0.15) is 0 Å². The van der Waals surface area contributed by atoms with Gasteiger partial charge in [0, 0.05) is 0 Å². The Labute approximate surface area is 131 Å². The zero-order chi connectivity index (χ0) is 16.2. The normalized spacial score (nSPS) is 8.25. The van der Waals surface area contributed by atoms with E-state index in [1.165, 1.54) is 0 Å². The molecule has 0 fully saturated rings. The SMILES string of the molecule is O=C(O)C(=O)OCl.O=C(O)C(=O)OCl.O=P([O-])(O)O.[Li+]. The third-order valence-corrected chi connectivity index (χ3v) is 0.770. The van der Waals surface area contributed by atoms with E-state index in [-0.39, 0.29) is 18.9 Å². The Morgan fingerprint density at radius 3 is 1.05 bits per heavy atom. The van der Waals surface area contributed by atoms with Crippen molar-refractivity contribution >= 4 is 55.4 Å². The van der Waals surface area contributed by atoms with Gasteiger partial charge in [-0.3, -0.25) is 4.57 Å². The molecule has 0 aromatic rings. The van der Waals surface area contributed by atoms with E-state index in [9.17, 15) is 19.2 Å².